The predicted molar refractivity (Wildman–Crippen MR) is 89.4 cm³/mol. The number of pyridine rings is 1. The summed E-state index contributed by atoms with van der Waals surface area (Å²) in [5.74, 6) is -0.104. The summed E-state index contributed by atoms with van der Waals surface area (Å²) in [7, 11) is 0. The average molecular weight is 321 g/mol. The van der Waals surface area contributed by atoms with Crippen LogP contribution in [-0.4, -0.2) is 41.6 Å². The van der Waals surface area contributed by atoms with E-state index >= 15 is 0 Å². The summed E-state index contributed by atoms with van der Waals surface area (Å²) >= 11 is 0. The largest absolute Gasteiger partial charge is 0.375 e. The molecule has 0 aliphatic carbocycles. The first-order valence-electron chi connectivity index (χ1n) is 8.07. The summed E-state index contributed by atoms with van der Waals surface area (Å²) < 4.78 is 5.80. The van der Waals surface area contributed by atoms with Crippen molar-refractivity contribution in [1.82, 2.24) is 9.88 Å². The van der Waals surface area contributed by atoms with E-state index in [0.29, 0.717) is 31.0 Å². The first-order valence-corrected chi connectivity index (χ1v) is 8.07. The Morgan fingerprint density at radius 3 is 2.83 bits per heavy atom. The summed E-state index contributed by atoms with van der Waals surface area (Å²) in [6.45, 7) is 1.69. The van der Waals surface area contributed by atoms with Crippen molar-refractivity contribution in [2.45, 2.75) is 18.9 Å². The Balaban J connectivity index is 1.58. The molecule has 1 aliphatic heterocycles. The number of ether oxygens (including phenoxy) is 1. The summed E-state index contributed by atoms with van der Waals surface area (Å²) in [4.78, 5) is 18.4. The number of benzene rings is 1. The second-order valence-electron chi connectivity index (χ2n) is 5.81. The van der Waals surface area contributed by atoms with Crippen LogP contribution in [0.5, 0.6) is 0 Å². The molecule has 0 spiro atoms. The molecule has 1 saturated heterocycles. The van der Waals surface area contributed by atoms with Crippen LogP contribution in [0.1, 0.15) is 28.0 Å². The first kappa shape index (κ1) is 16.2. The third-order valence-corrected chi connectivity index (χ3v) is 4.14. The van der Waals surface area contributed by atoms with Gasteiger partial charge in [-0.2, -0.15) is 5.26 Å². The van der Waals surface area contributed by atoms with Crippen molar-refractivity contribution in [2.24, 2.45) is 0 Å². The van der Waals surface area contributed by atoms with Gasteiger partial charge >= 0.3 is 0 Å². The van der Waals surface area contributed by atoms with Crippen molar-refractivity contribution >= 4 is 5.91 Å². The zero-order valence-corrected chi connectivity index (χ0v) is 13.4. The Kier molecular flexibility index (Phi) is 5.19. The highest BCUT2D eigenvalue weighted by molar-refractivity contribution is 5.92. The van der Waals surface area contributed by atoms with Gasteiger partial charge in [0.15, 0.2) is 0 Å². The smallest absolute Gasteiger partial charge is 0.272 e. The van der Waals surface area contributed by atoms with Crippen LogP contribution in [0.3, 0.4) is 0 Å². The molecular formula is C19H19N3O2. The normalized spacial score (nSPS) is 17.3. The quantitative estimate of drug-likeness (QED) is 0.867. The molecule has 2 heterocycles. The van der Waals surface area contributed by atoms with Crippen LogP contribution in [0.4, 0.5) is 0 Å². The number of rotatable bonds is 4. The fourth-order valence-electron chi connectivity index (χ4n) is 2.80. The van der Waals surface area contributed by atoms with E-state index in [2.05, 4.69) is 17.1 Å². The average Bonchev–Trinajstić information content (AvgIpc) is 2.67. The van der Waals surface area contributed by atoms with Crippen LogP contribution in [0.25, 0.3) is 0 Å². The van der Waals surface area contributed by atoms with Gasteiger partial charge in [-0.25, -0.2) is 4.98 Å². The van der Waals surface area contributed by atoms with Crippen LogP contribution in [0, 0.1) is 11.3 Å². The van der Waals surface area contributed by atoms with Gasteiger partial charge in [0.05, 0.1) is 18.3 Å². The molecule has 5 nitrogen and oxygen atoms in total. The number of carbonyl (C=O) groups excluding carboxylic acids is 1. The molecule has 1 aliphatic rings. The molecule has 1 unspecified atom stereocenters. The Bertz CT molecular complexity index is 723. The van der Waals surface area contributed by atoms with E-state index in [1.165, 1.54) is 11.8 Å². The van der Waals surface area contributed by atoms with E-state index in [9.17, 15) is 4.79 Å². The number of carbonyl (C=O) groups is 1. The van der Waals surface area contributed by atoms with Gasteiger partial charge in [-0.1, -0.05) is 30.3 Å². The highest BCUT2D eigenvalue weighted by atomic mass is 16.5. The lowest BCUT2D eigenvalue weighted by molar-refractivity contribution is -0.0247. The van der Waals surface area contributed by atoms with Gasteiger partial charge in [0.2, 0.25) is 0 Å². The van der Waals surface area contributed by atoms with Gasteiger partial charge in [0, 0.05) is 19.3 Å². The maximum absolute atomic E-state index is 12.5. The Hall–Kier alpha value is -2.71. The van der Waals surface area contributed by atoms with Crippen LogP contribution in [-0.2, 0) is 11.2 Å². The van der Waals surface area contributed by atoms with Crippen molar-refractivity contribution in [3.63, 3.8) is 0 Å². The molecule has 1 aromatic carbocycles. The minimum Gasteiger partial charge on any atom is -0.375 e. The fourth-order valence-corrected chi connectivity index (χ4v) is 2.80. The maximum atomic E-state index is 12.5. The second-order valence-corrected chi connectivity index (χ2v) is 5.81. The molecule has 122 valence electrons. The molecule has 0 radical (unpaired) electrons. The van der Waals surface area contributed by atoms with Crippen molar-refractivity contribution in [3.8, 4) is 6.07 Å². The highest BCUT2D eigenvalue weighted by Crippen LogP contribution is 2.14. The minimum atomic E-state index is -0.104. The van der Waals surface area contributed by atoms with Gasteiger partial charge in [0.25, 0.3) is 5.91 Å². The van der Waals surface area contributed by atoms with Gasteiger partial charge in [-0.3, -0.25) is 4.79 Å². The number of aromatic nitrogens is 1. The Morgan fingerprint density at radius 1 is 1.29 bits per heavy atom. The van der Waals surface area contributed by atoms with Crippen molar-refractivity contribution < 1.29 is 9.53 Å². The Morgan fingerprint density at radius 2 is 2.12 bits per heavy atom. The van der Waals surface area contributed by atoms with Crippen molar-refractivity contribution in [3.05, 3.63) is 65.5 Å². The molecular weight excluding hydrogens is 302 g/mol. The molecule has 1 amide bonds. The third kappa shape index (κ3) is 3.98. The number of hydrogen-bond acceptors (Lipinski definition) is 4. The topological polar surface area (TPSA) is 66.2 Å². The van der Waals surface area contributed by atoms with Gasteiger partial charge in [-0.15, -0.1) is 0 Å². The van der Waals surface area contributed by atoms with Crippen molar-refractivity contribution in [1.29, 1.82) is 5.26 Å². The molecule has 1 atom stereocenters. The molecule has 0 saturated carbocycles. The fraction of sp³-hybridized carbons (Fsp3) is 0.316. The summed E-state index contributed by atoms with van der Waals surface area (Å²) in [6, 6.07) is 15.5. The zero-order chi connectivity index (χ0) is 16.8. The molecule has 0 bridgehead atoms. The number of morpholine rings is 1. The van der Waals surface area contributed by atoms with E-state index in [-0.39, 0.29) is 12.0 Å². The van der Waals surface area contributed by atoms with Crippen LogP contribution >= 0.6 is 0 Å². The van der Waals surface area contributed by atoms with E-state index in [1.54, 1.807) is 17.0 Å². The highest BCUT2D eigenvalue weighted by Gasteiger charge is 2.25. The maximum Gasteiger partial charge on any atom is 0.272 e. The van der Waals surface area contributed by atoms with Crippen LogP contribution in [0.2, 0.25) is 0 Å². The lowest BCUT2D eigenvalue weighted by Gasteiger charge is -2.32. The van der Waals surface area contributed by atoms with E-state index in [1.807, 2.05) is 24.3 Å². The predicted octanol–water partition coefficient (Wildman–Crippen LogP) is 2.43. The molecule has 24 heavy (non-hydrogen) atoms. The van der Waals surface area contributed by atoms with Gasteiger partial charge in [0.1, 0.15) is 11.8 Å². The van der Waals surface area contributed by atoms with E-state index < -0.39 is 0 Å². The number of nitrogens with zero attached hydrogens (tertiary/aromatic N) is 3. The first-order chi connectivity index (χ1) is 11.8. The van der Waals surface area contributed by atoms with Crippen molar-refractivity contribution in [2.75, 3.05) is 19.7 Å². The Labute approximate surface area is 141 Å². The SMILES string of the molecule is N#Cc1ccc(C(=O)N2CCOC(CCc3ccccc3)C2)nc1. The molecule has 3 rings (SSSR count). The summed E-state index contributed by atoms with van der Waals surface area (Å²) in [6.07, 6.45) is 3.29. The van der Waals surface area contributed by atoms with Gasteiger partial charge < -0.3 is 9.64 Å². The zero-order valence-electron chi connectivity index (χ0n) is 13.4. The molecule has 5 heteroatoms. The van der Waals surface area contributed by atoms with E-state index in [4.69, 9.17) is 10.00 Å². The number of hydrogen-bond donors (Lipinski definition) is 0. The summed E-state index contributed by atoms with van der Waals surface area (Å²) in [5.41, 5.74) is 2.10. The number of aryl methyl sites for hydroxylation is 1. The molecule has 1 aromatic heterocycles. The number of nitriles is 1. The lowest BCUT2D eigenvalue weighted by Crippen LogP contribution is -2.46. The van der Waals surface area contributed by atoms with Gasteiger partial charge in [-0.05, 0) is 30.5 Å². The van der Waals surface area contributed by atoms with Crippen LogP contribution < -0.4 is 0 Å². The molecule has 1 fully saturated rings. The second kappa shape index (κ2) is 7.71. The lowest BCUT2D eigenvalue weighted by atomic mass is 10.1. The summed E-state index contributed by atoms with van der Waals surface area (Å²) in [5, 5.41) is 8.80. The minimum absolute atomic E-state index is 0.0429. The van der Waals surface area contributed by atoms with Crippen LogP contribution in [0.15, 0.2) is 48.7 Å². The standard InChI is InChI=1S/C19H19N3O2/c20-12-16-7-9-18(21-13-16)19(23)22-10-11-24-17(14-22)8-6-15-4-2-1-3-5-15/h1-5,7,9,13,17H,6,8,10-11,14H2. The number of amides is 1. The van der Waals surface area contributed by atoms with E-state index in [0.717, 1.165) is 12.8 Å². The monoisotopic (exact) mass is 321 g/mol. The molecule has 2 aromatic rings. The molecule has 0 N–H and O–H groups in total. The third-order valence-electron chi connectivity index (χ3n) is 4.14.